The van der Waals surface area contributed by atoms with E-state index in [-0.39, 0.29) is 11.8 Å². The summed E-state index contributed by atoms with van der Waals surface area (Å²) in [5.41, 5.74) is 2.73. The lowest BCUT2D eigenvalue weighted by atomic mass is 10.1. The summed E-state index contributed by atoms with van der Waals surface area (Å²) in [5.74, 6) is -0.800. The molecule has 0 aliphatic carbocycles. The number of unbranched alkanes of at least 4 members (excludes halogenated alkanes) is 1. The van der Waals surface area contributed by atoms with E-state index in [0.29, 0.717) is 0 Å². The third-order valence-corrected chi connectivity index (χ3v) is 4.48. The van der Waals surface area contributed by atoms with Crippen LogP contribution in [0.5, 0.6) is 0 Å². The van der Waals surface area contributed by atoms with Gasteiger partial charge in [0.05, 0.1) is 11.4 Å². The van der Waals surface area contributed by atoms with Gasteiger partial charge in [-0.25, -0.2) is 4.98 Å². The molecule has 1 N–H and O–H groups in total. The summed E-state index contributed by atoms with van der Waals surface area (Å²) in [6.07, 6.45) is 3.33. The van der Waals surface area contributed by atoms with Gasteiger partial charge in [-0.2, -0.15) is 5.10 Å². The summed E-state index contributed by atoms with van der Waals surface area (Å²) in [6.45, 7) is 6.26. The van der Waals surface area contributed by atoms with Gasteiger partial charge < -0.3 is 9.67 Å². The van der Waals surface area contributed by atoms with Crippen molar-refractivity contribution in [2.75, 3.05) is 5.75 Å². The molecule has 2 aromatic heterocycles. The molecule has 1 atom stereocenters. The number of nitrogens with zero attached hydrogens (tertiary/aromatic N) is 4. The largest absolute Gasteiger partial charge is 0.481 e. The van der Waals surface area contributed by atoms with Gasteiger partial charge in [-0.1, -0.05) is 31.5 Å². The van der Waals surface area contributed by atoms with Gasteiger partial charge in [0.15, 0.2) is 10.8 Å². The second kappa shape index (κ2) is 6.51. The molecule has 0 saturated heterocycles. The summed E-state index contributed by atoms with van der Waals surface area (Å²) in [5, 5.41) is 14.1. The predicted octanol–water partition coefficient (Wildman–Crippen LogP) is 3.01. The molecule has 2 rings (SSSR count). The van der Waals surface area contributed by atoms with Gasteiger partial charge in [0.2, 0.25) is 0 Å². The van der Waals surface area contributed by atoms with Gasteiger partial charge in [-0.05, 0) is 20.3 Å². The van der Waals surface area contributed by atoms with Crippen molar-refractivity contribution in [3.05, 3.63) is 5.69 Å². The maximum Gasteiger partial charge on any atom is 0.313 e. The molecule has 6 nitrogen and oxygen atoms in total. The van der Waals surface area contributed by atoms with E-state index in [2.05, 4.69) is 28.5 Å². The van der Waals surface area contributed by atoms with E-state index in [1.807, 2.05) is 18.7 Å². The Bertz CT molecular complexity index is 647. The minimum Gasteiger partial charge on any atom is -0.481 e. The van der Waals surface area contributed by atoms with Crippen LogP contribution in [0.2, 0.25) is 0 Å². The molecular weight excluding hydrogens is 288 g/mol. The van der Waals surface area contributed by atoms with Gasteiger partial charge in [0, 0.05) is 13.1 Å². The van der Waals surface area contributed by atoms with Gasteiger partial charge in [-0.3, -0.25) is 9.48 Å². The van der Waals surface area contributed by atoms with Gasteiger partial charge >= 0.3 is 5.97 Å². The fourth-order valence-corrected chi connectivity index (χ4v) is 3.34. The second-order valence-electron chi connectivity index (χ2n) is 5.32. The average Bonchev–Trinajstić information content (AvgIpc) is 2.93. The highest BCUT2D eigenvalue weighted by atomic mass is 32.2. The fraction of sp³-hybridized carbons (Fsp3) is 0.643. The molecular formula is C14H22N4O2S. The van der Waals surface area contributed by atoms with Crippen LogP contribution in [0.4, 0.5) is 0 Å². The van der Waals surface area contributed by atoms with Crippen LogP contribution >= 0.6 is 11.8 Å². The van der Waals surface area contributed by atoms with E-state index >= 15 is 0 Å². The lowest BCUT2D eigenvalue weighted by molar-refractivity contribution is -0.133. The number of carbonyl (C=O) groups is 1. The topological polar surface area (TPSA) is 72.9 Å². The quantitative estimate of drug-likeness (QED) is 0.796. The Balaban J connectivity index is 2.45. The van der Waals surface area contributed by atoms with E-state index in [1.165, 1.54) is 11.8 Å². The first-order valence-electron chi connectivity index (χ1n) is 7.21. The number of aryl methyl sites for hydroxylation is 2. The molecule has 0 fully saturated rings. The first-order chi connectivity index (χ1) is 9.95. The molecule has 0 aliphatic heterocycles. The SMILES string of the molecule is CCCCC(C)n1c(SCC(=O)O)nc2c(C)nn(C)c21. The highest BCUT2D eigenvalue weighted by Gasteiger charge is 2.21. The van der Waals surface area contributed by atoms with Crippen molar-refractivity contribution in [3.63, 3.8) is 0 Å². The zero-order valence-corrected chi connectivity index (χ0v) is 13.8. The van der Waals surface area contributed by atoms with Crippen LogP contribution in [-0.2, 0) is 11.8 Å². The summed E-state index contributed by atoms with van der Waals surface area (Å²) in [6, 6.07) is 0.279. The molecule has 0 radical (unpaired) electrons. The van der Waals surface area contributed by atoms with Gasteiger partial charge in [-0.15, -0.1) is 0 Å². The Hall–Kier alpha value is -1.50. The van der Waals surface area contributed by atoms with Crippen LogP contribution in [0.3, 0.4) is 0 Å². The van der Waals surface area contributed by atoms with E-state index in [1.54, 1.807) is 0 Å². The van der Waals surface area contributed by atoms with Crippen molar-refractivity contribution in [2.45, 2.75) is 51.2 Å². The normalized spacial score (nSPS) is 13.0. The maximum atomic E-state index is 10.8. The molecule has 116 valence electrons. The standard InChI is InChI=1S/C14H22N4O2S/c1-5-6-7-9(2)18-13-12(10(3)16-17(13)4)15-14(18)21-8-11(19)20/h9H,5-8H2,1-4H3,(H,19,20). The fourth-order valence-electron chi connectivity index (χ4n) is 2.53. The summed E-state index contributed by atoms with van der Waals surface area (Å²) in [4.78, 5) is 15.5. The van der Waals surface area contributed by atoms with Crippen LogP contribution < -0.4 is 0 Å². The van der Waals surface area contributed by atoms with Crippen molar-refractivity contribution < 1.29 is 9.90 Å². The van der Waals surface area contributed by atoms with Crippen molar-refractivity contribution in [2.24, 2.45) is 7.05 Å². The second-order valence-corrected chi connectivity index (χ2v) is 6.26. The number of carboxylic acids is 1. The van der Waals surface area contributed by atoms with E-state index < -0.39 is 5.97 Å². The monoisotopic (exact) mass is 310 g/mol. The van der Waals surface area contributed by atoms with E-state index in [4.69, 9.17) is 5.11 Å². The number of hydrogen-bond donors (Lipinski definition) is 1. The Morgan fingerprint density at radius 3 is 2.81 bits per heavy atom. The molecule has 0 aliphatic rings. The average molecular weight is 310 g/mol. The Morgan fingerprint density at radius 1 is 1.48 bits per heavy atom. The number of thioether (sulfide) groups is 1. The van der Waals surface area contributed by atoms with Crippen molar-refractivity contribution in [1.82, 2.24) is 19.3 Å². The predicted molar refractivity (Wildman–Crippen MR) is 83.8 cm³/mol. The molecule has 21 heavy (non-hydrogen) atoms. The molecule has 2 heterocycles. The van der Waals surface area contributed by atoms with Crippen LogP contribution in [0, 0.1) is 6.92 Å². The van der Waals surface area contributed by atoms with E-state index in [9.17, 15) is 4.79 Å². The van der Waals surface area contributed by atoms with Crippen LogP contribution in [-0.4, -0.2) is 36.2 Å². The van der Waals surface area contributed by atoms with Crippen molar-refractivity contribution >= 4 is 28.9 Å². The van der Waals surface area contributed by atoms with Crippen LogP contribution in [0.1, 0.15) is 44.8 Å². The van der Waals surface area contributed by atoms with Crippen LogP contribution in [0.25, 0.3) is 11.2 Å². The first kappa shape index (κ1) is 15.9. The highest BCUT2D eigenvalue weighted by molar-refractivity contribution is 7.99. The number of carboxylic acid groups (broad SMARTS) is 1. The lowest BCUT2D eigenvalue weighted by Crippen LogP contribution is -2.11. The zero-order valence-electron chi connectivity index (χ0n) is 13.0. The molecule has 2 aromatic rings. The third-order valence-electron chi connectivity index (χ3n) is 3.54. The Morgan fingerprint density at radius 2 is 2.19 bits per heavy atom. The smallest absolute Gasteiger partial charge is 0.313 e. The Kier molecular flexibility index (Phi) is 4.92. The number of aliphatic carboxylic acids is 1. The highest BCUT2D eigenvalue weighted by Crippen LogP contribution is 2.30. The third kappa shape index (κ3) is 3.23. The number of rotatable bonds is 7. The zero-order chi connectivity index (χ0) is 15.6. The summed E-state index contributed by atoms with van der Waals surface area (Å²) in [7, 11) is 1.91. The van der Waals surface area contributed by atoms with Crippen molar-refractivity contribution in [1.29, 1.82) is 0 Å². The first-order valence-corrected chi connectivity index (χ1v) is 8.20. The molecule has 0 spiro atoms. The number of fused-ring (bicyclic) bond motifs is 1. The van der Waals surface area contributed by atoms with Gasteiger partial charge in [0.25, 0.3) is 0 Å². The number of imidazole rings is 1. The van der Waals surface area contributed by atoms with Crippen molar-refractivity contribution in [3.8, 4) is 0 Å². The summed E-state index contributed by atoms with van der Waals surface area (Å²) < 4.78 is 3.98. The Labute approximate surface area is 128 Å². The van der Waals surface area contributed by atoms with E-state index in [0.717, 1.165) is 41.3 Å². The molecule has 0 aromatic carbocycles. The molecule has 0 amide bonds. The number of aromatic nitrogens is 4. The minimum atomic E-state index is -0.824. The minimum absolute atomic E-state index is 0.0241. The molecule has 0 saturated carbocycles. The molecule has 0 bridgehead atoms. The molecule has 1 unspecified atom stereocenters. The molecule has 7 heteroatoms. The van der Waals surface area contributed by atoms with Crippen LogP contribution in [0.15, 0.2) is 5.16 Å². The maximum absolute atomic E-state index is 10.8. The lowest BCUT2D eigenvalue weighted by Gasteiger charge is -2.16. The number of hydrogen-bond acceptors (Lipinski definition) is 4. The van der Waals surface area contributed by atoms with Gasteiger partial charge in [0.1, 0.15) is 5.52 Å². The summed E-state index contributed by atoms with van der Waals surface area (Å²) >= 11 is 1.28.